The molecule has 25 heavy (non-hydrogen) atoms. The van der Waals surface area contributed by atoms with Crippen LogP contribution < -0.4 is 5.32 Å². The number of imide groups is 1. The van der Waals surface area contributed by atoms with Gasteiger partial charge in [0.25, 0.3) is 5.91 Å². The minimum absolute atomic E-state index is 0.0628. The van der Waals surface area contributed by atoms with Gasteiger partial charge in [-0.25, -0.2) is 4.79 Å². The molecule has 1 saturated heterocycles. The van der Waals surface area contributed by atoms with Crippen LogP contribution in [0, 0.1) is 5.92 Å². The highest BCUT2D eigenvalue weighted by Crippen LogP contribution is 2.38. The van der Waals surface area contributed by atoms with Gasteiger partial charge in [0.15, 0.2) is 0 Å². The molecular weight excluding hydrogens is 344 g/mol. The third-order valence-corrected chi connectivity index (χ3v) is 5.35. The first-order valence-electron chi connectivity index (χ1n) is 8.46. The van der Waals surface area contributed by atoms with Gasteiger partial charge < -0.3 is 10.1 Å². The van der Waals surface area contributed by atoms with Crippen LogP contribution in [-0.4, -0.2) is 34.9 Å². The molecule has 1 spiro atoms. The van der Waals surface area contributed by atoms with Crippen molar-refractivity contribution in [1.29, 1.82) is 0 Å². The minimum atomic E-state index is -0.855. The third-order valence-electron chi connectivity index (χ3n) is 5.10. The number of ether oxygens (including phenoxy) is 1. The highest BCUT2D eigenvalue weighted by Gasteiger charge is 2.55. The molecular formula is C18H21ClN2O4. The number of nitrogens with zero attached hydrogens (tertiary/aromatic N) is 1. The van der Waals surface area contributed by atoms with Gasteiger partial charge in [0.2, 0.25) is 0 Å². The quantitative estimate of drug-likeness (QED) is 0.658. The van der Waals surface area contributed by atoms with E-state index < -0.39 is 17.5 Å². The summed E-state index contributed by atoms with van der Waals surface area (Å²) in [5, 5.41) is 3.42. The van der Waals surface area contributed by atoms with Crippen molar-refractivity contribution in [2.75, 3.05) is 6.54 Å². The first-order chi connectivity index (χ1) is 11.9. The van der Waals surface area contributed by atoms with Crippen LogP contribution in [0.3, 0.4) is 0 Å². The van der Waals surface area contributed by atoms with Crippen LogP contribution >= 0.6 is 11.6 Å². The number of hydrogen-bond acceptors (Lipinski definition) is 4. The number of rotatable bonds is 4. The molecule has 2 aliphatic rings. The Morgan fingerprint density at radius 1 is 1.32 bits per heavy atom. The van der Waals surface area contributed by atoms with Crippen LogP contribution in [0.5, 0.6) is 0 Å². The van der Waals surface area contributed by atoms with E-state index in [4.69, 9.17) is 16.3 Å². The first-order valence-corrected chi connectivity index (χ1v) is 8.84. The number of halogens is 1. The largest absolute Gasteiger partial charge is 0.459 e. The number of carbonyl (C=O) groups excluding carboxylic acids is 3. The van der Waals surface area contributed by atoms with Crippen LogP contribution in [0.2, 0.25) is 5.02 Å². The van der Waals surface area contributed by atoms with Crippen molar-refractivity contribution in [2.24, 2.45) is 5.92 Å². The summed E-state index contributed by atoms with van der Waals surface area (Å²) in [6, 6.07) is 6.40. The molecule has 1 aromatic rings. The van der Waals surface area contributed by atoms with Crippen molar-refractivity contribution < 1.29 is 19.1 Å². The minimum Gasteiger partial charge on any atom is -0.459 e. The molecule has 1 aromatic carbocycles. The molecule has 7 heteroatoms. The summed E-state index contributed by atoms with van der Waals surface area (Å²) in [5.41, 5.74) is -0.0708. The van der Waals surface area contributed by atoms with Gasteiger partial charge in [0, 0.05) is 5.02 Å². The van der Waals surface area contributed by atoms with Crippen molar-refractivity contribution in [1.82, 2.24) is 10.2 Å². The standard InChI is InChI=1S/C18H21ClN2O4/c1-12-4-2-3-9-18(12)16(23)21(17(24)20-18)10-15(22)25-11-13-5-7-14(19)8-6-13/h5-8,12H,2-4,9-11H2,1H3,(H,20,24)/t12-,18+/m1/s1. The van der Waals surface area contributed by atoms with E-state index in [1.165, 1.54) is 0 Å². The Kier molecular flexibility index (Phi) is 4.99. The molecule has 1 heterocycles. The SMILES string of the molecule is C[C@@H]1CCCC[C@]12NC(=O)N(CC(=O)OCc1ccc(Cl)cc1)C2=O. The van der Waals surface area contributed by atoms with E-state index in [0.717, 1.165) is 29.7 Å². The maximum absolute atomic E-state index is 12.8. The fourth-order valence-electron chi connectivity index (χ4n) is 3.56. The number of hydrogen-bond donors (Lipinski definition) is 1. The van der Waals surface area contributed by atoms with Crippen LogP contribution in [0.1, 0.15) is 38.2 Å². The van der Waals surface area contributed by atoms with Crippen LogP contribution in [0.15, 0.2) is 24.3 Å². The molecule has 0 unspecified atom stereocenters. The average molecular weight is 365 g/mol. The van der Waals surface area contributed by atoms with Crippen molar-refractivity contribution in [3.8, 4) is 0 Å². The predicted molar refractivity (Wildman–Crippen MR) is 91.9 cm³/mol. The Bertz CT molecular complexity index is 691. The van der Waals surface area contributed by atoms with Gasteiger partial charge in [0.05, 0.1) is 0 Å². The predicted octanol–water partition coefficient (Wildman–Crippen LogP) is 2.88. The number of esters is 1. The molecule has 6 nitrogen and oxygen atoms in total. The lowest BCUT2D eigenvalue weighted by atomic mass is 9.73. The van der Waals surface area contributed by atoms with Gasteiger partial charge in [-0.2, -0.15) is 0 Å². The van der Waals surface area contributed by atoms with Gasteiger partial charge in [0.1, 0.15) is 18.7 Å². The maximum Gasteiger partial charge on any atom is 0.326 e. The smallest absolute Gasteiger partial charge is 0.326 e. The van der Waals surface area contributed by atoms with Gasteiger partial charge in [-0.15, -0.1) is 0 Å². The van der Waals surface area contributed by atoms with E-state index >= 15 is 0 Å². The fraction of sp³-hybridized carbons (Fsp3) is 0.500. The molecule has 134 valence electrons. The third kappa shape index (κ3) is 3.49. The summed E-state index contributed by atoms with van der Waals surface area (Å²) in [7, 11) is 0. The van der Waals surface area contributed by atoms with E-state index in [0.29, 0.717) is 11.4 Å². The van der Waals surface area contributed by atoms with Gasteiger partial charge >= 0.3 is 12.0 Å². The molecule has 2 atom stereocenters. The zero-order valence-corrected chi connectivity index (χ0v) is 14.8. The second-order valence-electron chi connectivity index (χ2n) is 6.73. The summed E-state index contributed by atoms with van der Waals surface area (Å²) in [6.45, 7) is 1.67. The van der Waals surface area contributed by atoms with Crippen molar-refractivity contribution in [2.45, 2.75) is 44.8 Å². The van der Waals surface area contributed by atoms with Crippen LogP contribution in [-0.2, 0) is 20.9 Å². The Morgan fingerprint density at radius 2 is 2.04 bits per heavy atom. The van der Waals surface area contributed by atoms with Crippen molar-refractivity contribution in [3.05, 3.63) is 34.9 Å². The highest BCUT2D eigenvalue weighted by molar-refractivity contribution is 6.30. The lowest BCUT2D eigenvalue weighted by Crippen LogP contribution is -2.54. The van der Waals surface area contributed by atoms with Gasteiger partial charge in [-0.3, -0.25) is 14.5 Å². The Balaban J connectivity index is 1.60. The molecule has 3 amide bonds. The zero-order chi connectivity index (χ0) is 18.0. The summed E-state index contributed by atoms with van der Waals surface area (Å²) >= 11 is 5.81. The summed E-state index contributed by atoms with van der Waals surface area (Å²) in [5.74, 6) is -0.861. The topological polar surface area (TPSA) is 75.7 Å². The zero-order valence-electron chi connectivity index (χ0n) is 14.1. The Morgan fingerprint density at radius 3 is 2.72 bits per heavy atom. The summed E-state index contributed by atoms with van der Waals surface area (Å²) in [4.78, 5) is 38.0. The number of amides is 3. The summed E-state index contributed by atoms with van der Waals surface area (Å²) < 4.78 is 5.17. The molecule has 1 aliphatic carbocycles. The second-order valence-corrected chi connectivity index (χ2v) is 7.16. The first kappa shape index (κ1) is 17.7. The molecule has 3 rings (SSSR count). The van der Waals surface area contributed by atoms with Crippen LogP contribution in [0.4, 0.5) is 4.79 Å². The Hall–Kier alpha value is -2.08. The molecule has 1 saturated carbocycles. The molecule has 0 aromatic heterocycles. The summed E-state index contributed by atoms with van der Waals surface area (Å²) in [6.07, 6.45) is 3.45. The maximum atomic E-state index is 12.8. The Labute approximate surface area is 151 Å². The number of nitrogens with one attached hydrogen (secondary N) is 1. The average Bonchev–Trinajstić information content (AvgIpc) is 2.82. The monoisotopic (exact) mass is 364 g/mol. The second kappa shape index (κ2) is 7.04. The van der Waals surface area contributed by atoms with Crippen LogP contribution in [0.25, 0.3) is 0 Å². The van der Waals surface area contributed by atoms with E-state index in [-0.39, 0.29) is 25.0 Å². The number of benzene rings is 1. The lowest BCUT2D eigenvalue weighted by molar-refractivity contribution is -0.149. The van der Waals surface area contributed by atoms with E-state index in [1.54, 1.807) is 24.3 Å². The highest BCUT2D eigenvalue weighted by atomic mass is 35.5. The van der Waals surface area contributed by atoms with Gasteiger partial charge in [-0.05, 0) is 36.5 Å². The van der Waals surface area contributed by atoms with Gasteiger partial charge in [-0.1, -0.05) is 43.5 Å². The molecule has 2 fully saturated rings. The molecule has 0 bridgehead atoms. The molecule has 1 N–H and O–H groups in total. The van der Waals surface area contributed by atoms with E-state index in [1.807, 2.05) is 6.92 Å². The number of carbonyl (C=O) groups is 3. The lowest BCUT2D eigenvalue weighted by Gasteiger charge is -2.36. The van der Waals surface area contributed by atoms with Crippen molar-refractivity contribution >= 4 is 29.5 Å². The van der Waals surface area contributed by atoms with E-state index in [2.05, 4.69) is 5.32 Å². The fourth-order valence-corrected chi connectivity index (χ4v) is 3.68. The molecule has 1 aliphatic heterocycles. The van der Waals surface area contributed by atoms with Crippen molar-refractivity contribution in [3.63, 3.8) is 0 Å². The normalized spacial score (nSPS) is 26.0. The van der Waals surface area contributed by atoms with E-state index in [9.17, 15) is 14.4 Å². The number of urea groups is 1. The molecule has 0 radical (unpaired) electrons.